The van der Waals surface area contributed by atoms with Gasteiger partial charge in [0.2, 0.25) is 11.3 Å². The van der Waals surface area contributed by atoms with Crippen LogP contribution in [0.2, 0.25) is 0 Å². The quantitative estimate of drug-likeness (QED) is 0.0583. The highest BCUT2D eigenvalue weighted by molar-refractivity contribution is 7.86. The van der Waals surface area contributed by atoms with Crippen molar-refractivity contribution >= 4 is 77.2 Å². The van der Waals surface area contributed by atoms with Gasteiger partial charge in [-0.05, 0) is 100.0 Å². The number of benzene rings is 5. The van der Waals surface area contributed by atoms with Gasteiger partial charge in [0.05, 0.1) is 44.7 Å². The Labute approximate surface area is 360 Å². The van der Waals surface area contributed by atoms with Crippen molar-refractivity contribution in [3.63, 3.8) is 0 Å². The molecule has 0 radical (unpaired) electrons. The summed E-state index contributed by atoms with van der Waals surface area (Å²) in [7, 11) is -8.54. The Balaban J connectivity index is 0.000000267. The largest absolute Gasteiger partial charge is 0.744 e. The van der Waals surface area contributed by atoms with E-state index in [-0.39, 0.29) is 15.7 Å². The lowest BCUT2D eigenvalue weighted by atomic mass is 10.1. The van der Waals surface area contributed by atoms with Crippen LogP contribution in [-0.4, -0.2) is 36.8 Å². The average Bonchev–Trinajstić information content (AvgIpc) is 3.21. The number of rotatable bonds is 9. The van der Waals surface area contributed by atoms with Gasteiger partial charge in [0.1, 0.15) is 26.8 Å². The molecule has 322 valence electrons. The number of carbonyl (C=O) groups excluding carboxylic acids is 1. The minimum Gasteiger partial charge on any atom is -0.744 e. The summed E-state index contributed by atoms with van der Waals surface area (Å²) >= 11 is 0. The molecule has 2 heterocycles. The predicted molar refractivity (Wildman–Crippen MR) is 239 cm³/mol. The third kappa shape index (κ3) is 11.8. The molecule has 0 aliphatic rings. The van der Waals surface area contributed by atoms with Crippen molar-refractivity contribution in [2.75, 3.05) is 33.6 Å². The van der Waals surface area contributed by atoms with Crippen LogP contribution in [0, 0.1) is 13.8 Å². The number of nitrogens with two attached hydrogens (primary N) is 4. The highest BCUT2D eigenvalue weighted by atomic mass is 32.2. The topological polar surface area (TPSA) is 280 Å². The van der Waals surface area contributed by atoms with E-state index in [0.29, 0.717) is 40.9 Å². The van der Waals surface area contributed by atoms with Crippen molar-refractivity contribution in [1.29, 1.82) is 0 Å². The van der Waals surface area contributed by atoms with Crippen LogP contribution in [0.5, 0.6) is 0 Å². The first-order valence-electron chi connectivity index (χ1n) is 19.1. The molecular weight excluding hydrogens is 831 g/mol. The van der Waals surface area contributed by atoms with Crippen LogP contribution in [-0.2, 0) is 33.3 Å². The molecular formula is C44H47N9O7S2. The van der Waals surface area contributed by atoms with Crippen LogP contribution in [0.25, 0.3) is 22.0 Å². The number of hydrogen-bond acceptors (Lipinski definition) is 13. The summed E-state index contributed by atoms with van der Waals surface area (Å²) in [4.78, 5) is 16.9. The Morgan fingerprint density at radius 1 is 0.677 bits per heavy atom. The van der Waals surface area contributed by atoms with Crippen LogP contribution in [0.1, 0.15) is 35.3 Å². The van der Waals surface area contributed by atoms with E-state index < -0.39 is 20.2 Å². The number of anilines is 7. The predicted octanol–water partition coefficient (Wildman–Crippen LogP) is 5.64. The number of nitrogens with zero attached hydrogens (tertiary/aromatic N) is 3. The maximum atomic E-state index is 13.0. The van der Waals surface area contributed by atoms with Gasteiger partial charge in [-0.1, -0.05) is 52.5 Å². The second kappa shape index (κ2) is 19.5. The minimum atomic E-state index is -4.27. The van der Waals surface area contributed by atoms with Gasteiger partial charge in [-0.25, -0.2) is 21.4 Å². The van der Waals surface area contributed by atoms with E-state index in [2.05, 4.69) is 27.1 Å². The number of hydrogen-bond donors (Lipinski definition) is 6. The molecule has 0 spiro atoms. The summed E-state index contributed by atoms with van der Waals surface area (Å²) < 4.78 is 66.3. The van der Waals surface area contributed by atoms with Gasteiger partial charge in [-0.2, -0.15) is 4.57 Å². The summed E-state index contributed by atoms with van der Waals surface area (Å²) in [5, 5.41) is 7.32. The first-order valence-corrected chi connectivity index (χ1v) is 21.9. The maximum absolute atomic E-state index is 13.0. The van der Waals surface area contributed by atoms with Gasteiger partial charge in [-0.3, -0.25) is 10.5 Å². The number of pyridine rings is 1. The summed E-state index contributed by atoms with van der Waals surface area (Å²) in [5.74, 6) is 0.395. The van der Waals surface area contributed by atoms with Crippen molar-refractivity contribution < 1.29 is 39.9 Å². The van der Waals surface area contributed by atoms with E-state index in [0.717, 1.165) is 51.1 Å². The van der Waals surface area contributed by atoms with Gasteiger partial charge < -0.3 is 36.9 Å². The molecule has 18 heteroatoms. The Bertz CT molecular complexity index is 2880. The third-order valence-corrected chi connectivity index (χ3v) is 11.2. The molecule has 2 aromatic heterocycles. The molecule has 0 unspecified atom stereocenters. The molecule has 1 amide bonds. The zero-order valence-corrected chi connectivity index (χ0v) is 36.0. The third-order valence-electron chi connectivity index (χ3n) is 9.46. The van der Waals surface area contributed by atoms with Crippen LogP contribution in [0.4, 0.5) is 40.2 Å². The highest BCUT2D eigenvalue weighted by Crippen LogP contribution is 2.29. The fourth-order valence-corrected chi connectivity index (χ4v) is 7.03. The number of fused-ring (bicyclic) bond motifs is 1. The van der Waals surface area contributed by atoms with Crippen molar-refractivity contribution in [3.8, 4) is 11.1 Å². The minimum absolute atomic E-state index is 0.178. The van der Waals surface area contributed by atoms with Gasteiger partial charge >= 0.3 is 5.95 Å². The lowest BCUT2D eigenvalue weighted by Gasteiger charge is -2.13. The summed E-state index contributed by atoms with van der Waals surface area (Å²) in [6, 6.07) is 32.0. The van der Waals surface area contributed by atoms with Gasteiger partial charge in [0.15, 0.2) is 6.20 Å². The van der Waals surface area contributed by atoms with Gasteiger partial charge in [0.25, 0.3) is 5.91 Å². The number of aromatic nitrogens is 3. The molecule has 0 aliphatic carbocycles. The van der Waals surface area contributed by atoms with Crippen molar-refractivity contribution in [3.05, 3.63) is 144 Å². The molecule has 62 heavy (non-hydrogen) atoms. The molecule has 0 bridgehead atoms. The first kappa shape index (κ1) is 46.0. The highest BCUT2D eigenvalue weighted by Gasteiger charge is 2.17. The van der Waals surface area contributed by atoms with E-state index in [4.69, 9.17) is 22.9 Å². The van der Waals surface area contributed by atoms with Crippen LogP contribution < -0.4 is 42.7 Å². The van der Waals surface area contributed by atoms with E-state index in [1.165, 1.54) is 24.3 Å². The fourth-order valence-electron chi connectivity index (χ4n) is 6.10. The lowest BCUT2D eigenvalue weighted by molar-refractivity contribution is -0.681. The molecule has 0 saturated carbocycles. The molecule has 5 aromatic carbocycles. The molecule has 16 nitrogen and oxygen atoms in total. The summed E-state index contributed by atoms with van der Waals surface area (Å²) in [5.41, 5.74) is 32.6. The molecule has 7 aromatic rings. The number of aryl methyl sites for hydroxylation is 4. The Morgan fingerprint density at radius 3 is 1.74 bits per heavy atom. The average molecular weight is 878 g/mol. The zero-order valence-electron chi connectivity index (χ0n) is 34.4. The van der Waals surface area contributed by atoms with E-state index in [1.54, 1.807) is 48.5 Å². The van der Waals surface area contributed by atoms with Gasteiger partial charge in [0, 0.05) is 34.9 Å². The molecule has 0 atom stereocenters. The Kier molecular flexibility index (Phi) is 14.5. The van der Waals surface area contributed by atoms with E-state index in [9.17, 15) is 30.7 Å². The van der Waals surface area contributed by atoms with Crippen LogP contribution in [0.15, 0.2) is 137 Å². The van der Waals surface area contributed by atoms with Crippen LogP contribution in [0.3, 0.4) is 0 Å². The van der Waals surface area contributed by atoms with Gasteiger partial charge in [-0.15, -0.1) is 0 Å². The molecule has 0 aliphatic heterocycles. The monoisotopic (exact) mass is 877 g/mol. The Hall–Kier alpha value is -7.12. The number of nitrogen functional groups attached to an aromatic ring is 4. The number of carbonyl (C=O) groups is 1. The lowest BCUT2D eigenvalue weighted by Crippen LogP contribution is -2.37. The molecule has 0 fully saturated rings. The first-order chi connectivity index (χ1) is 29.3. The second-order valence-electron chi connectivity index (χ2n) is 14.0. The van der Waals surface area contributed by atoms with Crippen LogP contribution >= 0.6 is 0 Å². The smallest absolute Gasteiger partial charge is 0.391 e. The maximum Gasteiger partial charge on any atom is 0.391 e. The normalized spacial score (nSPS) is 11.1. The Morgan fingerprint density at radius 2 is 1.23 bits per heavy atom. The summed E-state index contributed by atoms with van der Waals surface area (Å²) in [6.07, 6.45) is 3.90. The standard InChI is InChI=1S/C30H31N9O.2C7H8O3S/c1-3-38-14-13-26(23-15-19(31)7-12-27(23)38)35-21-10-11-22(25(32)16-21)29(40)36-20-8-5-18(6-9-20)24-17-39(4-2)30(34)37-28(24)33;2*1-6-2-4-7(5-3-6)11(8,9)10/h5-17H,3-4,31H2,1-2H3,(H6,32,33,34,36,37,40);2*2-5H,1H3,(H,8,9,10). The number of amides is 1. The SMILES string of the molecule is CC[n+]1cc(-c2ccc(NC(=O)c3ccc(Nc4cc[n+](CC)c5ccc(N)cc45)cc3N)cc2)c(N)nc1N.Cc1ccc(S(=O)(=O)[O-])cc1.Cc1ccc(S(=O)(=O)[O-])cc1. The van der Waals surface area contributed by atoms with E-state index >= 15 is 0 Å². The molecule has 10 N–H and O–H groups in total. The molecule has 0 saturated heterocycles. The van der Waals surface area contributed by atoms with Crippen molar-refractivity contribution in [2.45, 2.75) is 50.6 Å². The second-order valence-corrected chi connectivity index (χ2v) is 16.7. The van der Waals surface area contributed by atoms with E-state index in [1.807, 2.05) is 80.2 Å². The molecule has 7 rings (SSSR count). The van der Waals surface area contributed by atoms with Crippen molar-refractivity contribution in [2.24, 2.45) is 0 Å². The van der Waals surface area contributed by atoms with Crippen molar-refractivity contribution in [1.82, 2.24) is 4.98 Å². The fraction of sp³-hybridized carbons (Fsp3) is 0.136. The zero-order chi connectivity index (χ0) is 45.4. The summed E-state index contributed by atoms with van der Waals surface area (Å²) in [6.45, 7) is 9.22. The number of nitrogens with one attached hydrogen (secondary N) is 2.